The highest BCUT2D eigenvalue weighted by Gasteiger charge is 2.14. The van der Waals surface area contributed by atoms with E-state index in [1.54, 1.807) is 6.07 Å². The van der Waals surface area contributed by atoms with Crippen LogP contribution >= 0.6 is 31.9 Å². The summed E-state index contributed by atoms with van der Waals surface area (Å²) in [5.41, 5.74) is 5.06. The number of benzene rings is 3. The molecule has 1 unspecified atom stereocenters. The van der Waals surface area contributed by atoms with Gasteiger partial charge in [-0.15, -0.1) is 0 Å². The van der Waals surface area contributed by atoms with E-state index in [4.69, 9.17) is 0 Å². The molecule has 1 amide bonds. The number of phenols is 1. The Hall–Kier alpha value is -2.18. The van der Waals surface area contributed by atoms with Gasteiger partial charge in [0.2, 0.25) is 5.91 Å². The van der Waals surface area contributed by atoms with E-state index in [0.717, 1.165) is 21.0 Å². The molecule has 0 bridgehead atoms. The van der Waals surface area contributed by atoms with Crippen LogP contribution < -0.4 is 5.43 Å². The van der Waals surface area contributed by atoms with Crippen LogP contribution in [0.2, 0.25) is 0 Å². The fourth-order valence-electron chi connectivity index (χ4n) is 2.91. The van der Waals surface area contributed by atoms with Gasteiger partial charge in [0.05, 0.1) is 10.7 Å². The zero-order valence-corrected chi connectivity index (χ0v) is 18.7. The van der Waals surface area contributed by atoms with Gasteiger partial charge in [-0.05, 0) is 57.2 Å². The van der Waals surface area contributed by atoms with E-state index >= 15 is 0 Å². The first-order valence-electron chi connectivity index (χ1n) is 8.85. The zero-order valence-electron chi connectivity index (χ0n) is 15.5. The molecule has 0 aromatic heterocycles. The standard InChI is InChI=1S/C22H20Br2N2O2/c1-13(9-15-7-8-16-5-3-4-6-17(16)10-15)22(28)26-25-12-18-11-19(23)14(2)20(24)21(18)27/h3-8,10-13,27H,9H2,1-2H3,(H,26,28)/b25-12+. The Morgan fingerprint density at radius 3 is 2.64 bits per heavy atom. The van der Waals surface area contributed by atoms with Crippen molar-refractivity contribution in [1.82, 2.24) is 5.43 Å². The number of rotatable bonds is 5. The molecular weight excluding hydrogens is 484 g/mol. The minimum absolute atomic E-state index is 0.0860. The molecule has 1 atom stereocenters. The number of hydrazone groups is 1. The summed E-state index contributed by atoms with van der Waals surface area (Å²) in [6.07, 6.45) is 2.06. The second-order valence-corrected chi connectivity index (χ2v) is 8.40. The number of amides is 1. The Balaban J connectivity index is 1.65. The quantitative estimate of drug-likeness (QED) is 0.346. The van der Waals surface area contributed by atoms with E-state index in [-0.39, 0.29) is 17.6 Å². The Labute approximate surface area is 180 Å². The van der Waals surface area contributed by atoms with Gasteiger partial charge in [0.1, 0.15) is 5.75 Å². The van der Waals surface area contributed by atoms with Crippen LogP contribution in [0.15, 0.2) is 62.6 Å². The summed E-state index contributed by atoms with van der Waals surface area (Å²) in [6, 6.07) is 16.1. The van der Waals surface area contributed by atoms with E-state index in [0.29, 0.717) is 16.5 Å². The maximum atomic E-state index is 12.4. The number of phenolic OH excluding ortho intramolecular Hbond substituents is 1. The first kappa shape index (κ1) is 20.6. The first-order valence-corrected chi connectivity index (χ1v) is 10.4. The number of hydrogen-bond donors (Lipinski definition) is 2. The molecule has 28 heavy (non-hydrogen) atoms. The van der Waals surface area contributed by atoms with Crippen molar-refractivity contribution in [3.05, 3.63) is 74.2 Å². The molecule has 144 valence electrons. The summed E-state index contributed by atoms with van der Waals surface area (Å²) >= 11 is 6.79. The van der Waals surface area contributed by atoms with Crippen LogP contribution in [0.25, 0.3) is 10.8 Å². The van der Waals surface area contributed by atoms with E-state index in [2.05, 4.69) is 72.7 Å². The second-order valence-electron chi connectivity index (χ2n) is 6.76. The van der Waals surface area contributed by atoms with Gasteiger partial charge in [0.25, 0.3) is 0 Å². The Morgan fingerprint density at radius 1 is 1.18 bits per heavy atom. The van der Waals surface area contributed by atoms with Crippen LogP contribution in [0, 0.1) is 12.8 Å². The van der Waals surface area contributed by atoms with Crippen LogP contribution in [0.1, 0.15) is 23.6 Å². The maximum Gasteiger partial charge on any atom is 0.243 e. The van der Waals surface area contributed by atoms with Crippen molar-refractivity contribution in [1.29, 1.82) is 0 Å². The van der Waals surface area contributed by atoms with Crippen molar-refractivity contribution >= 4 is 54.8 Å². The zero-order chi connectivity index (χ0) is 20.3. The lowest BCUT2D eigenvalue weighted by molar-refractivity contribution is -0.124. The van der Waals surface area contributed by atoms with Crippen molar-refractivity contribution in [2.24, 2.45) is 11.0 Å². The monoisotopic (exact) mass is 502 g/mol. The number of hydrogen-bond acceptors (Lipinski definition) is 3. The number of nitrogens with zero attached hydrogens (tertiary/aromatic N) is 1. The molecule has 0 radical (unpaired) electrons. The topological polar surface area (TPSA) is 61.7 Å². The molecule has 0 aliphatic carbocycles. The lowest BCUT2D eigenvalue weighted by Crippen LogP contribution is -2.26. The number of nitrogens with one attached hydrogen (secondary N) is 1. The highest BCUT2D eigenvalue weighted by molar-refractivity contribution is 9.11. The van der Waals surface area contributed by atoms with E-state index in [1.807, 2.05) is 26.0 Å². The van der Waals surface area contributed by atoms with Gasteiger partial charge < -0.3 is 5.11 Å². The molecule has 0 aliphatic heterocycles. The molecule has 6 heteroatoms. The van der Waals surface area contributed by atoms with Crippen molar-refractivity contribution in [3.63, 3.8) is 0 Å². The van der Waals surface area contributed by atoms with E-state index in [1.165, 1.54) is 11.6 Å². The van der Waals surface area contributed by atoms with Gasteiger partial charge in [0.15, 0.2) is 0 Å². The fraction of sp³-hybridized carbons (Fsp3) is 0.182. The van der Waals surface area contributed by atoms with Gasteiger partial charge >= 0.3 is 0 Å². The summed E-state index contributed by atoms with van der Waals surface area (Å²) < 4.78 is 1.44. The molecule has 0 spiro atoms. The smallest absolute Gasteiger partial charge is 0.243 e. The summed E-state index contributed by atoms with van der Waals surface area (Å²) in [6.45, 7) is 3.75. The van der Waals surface area contributed by atoms with E-state index < -0.39 is 0 Å². The maximum absolute atomic E-state index is 12.4. The van der Waals surface area contributed by atoms with Crippen LogP contribution in [0.3, 0.4) is 0 Å². The highest BCUT2D eigenvalue weighted by atomic mass is 79.9. The molecule has 3 aromatic carbocycles. The summed E-state index contributed by atoms with van der Waals surface area (Å²) in [5.74, 6) is -0.319. The first-order chi connectivity index (χ1) is 13.4. The molecule has 4 nitrogen and oxygen atoms in total. The molecule has 3 aromatic rings. The average Bonchev–Trinajstić information content (AvgIpc) is 2.69. The van der Waals surface area contributed by atoms with Crippen molar-refractivity contribution in [2.45, 2.75) is 20.3 Å². The van der Waals surface area contributed by atoms with Gasteiger partial charge in [-0.3, -0.25) is 4.79 Å². The normalized spacial score (nSPS) is 12.4. The predicted octanol–water partition coefficient (Wildman–Crippen LogP) is 5.71. The van der Waals surface area contributed by atoms with Gasteiger partial charge in [-0.1, -0.05) is 65.3 Å². The van der Waals surface area contributed by atoms with Gasteiger partial charge in [-0.2, -0.15) is 5.10 Å². The third kappa shape index (κ3) is 4.62. The van der Waals surface area contributed by atoms with Crippen molar-refractivity contribution < 1.29 is 9.90 Å². The Kier molecular flexibility index (Phi) is 6.52. The van der Waals surface area contributed by atoms with Crippen LogP contribution in [-0.2, 0) is 11.2 Å². The summed E-state index contributed by atoms with van der Waals surface area (Å²) in [7, 11) is 0. The molecule has 0 heterocycles. The SMILES string of the molecule is Cc1c(Br)cc(/C=N/NC(=O)C(C)Cc2ccc3ccccc3c2)c(O)c1Br. The molecule has 0 fully saturated rings. The average molecular weight is 504 g/mol. The largest absolute Gasteiger partial charge is 0.506 e. The third-order valence-corrected chi connectivity index (χ3v) is 6.43. The molecular formula is C22H20Br2N2O2. The van der Waals surface area contributed by atoms with Crippen molar-refractivity contribution in [2.75, 3.05) is 0 Å². The van der Waals surface area contributed by atoms with Crippen molar-refractivity contribution in [3.8, 4) is 5.75 Å². The third-order valence-electron chi connectivity index (χ3n) is 4.63. The number of aromatic hydroxyl groups is 1. The number of carbonyl (C=O) groups is 1. The molecule has 0 aliphatic rings. The predicted molar refractivity (Wildman–Crippen MR) is 121 cm³/mol. The summed E-state index contributed by atoms with van der Waals surface area (Å²) in [4.78, 5) is 12.4. The van der Waals surface area contributed by atoms with Crippen LogP contribution in [0.4, 0.5) is 0 Å². The van der Waals surface area contributed by atoms with Gasteiger partial charge in [-0.25, -0.2) is 5.43 Å². The van der Waals surface area contributed by atoms with Crippen LogP contribution in [0.5, 0.6) is 5.75 Å². The number of carbonyl (C=O) groups excluding carboxylic acids is 1. The second kappa shape index (κ2) is 8.88. The number of halogens is 2. The Morgan fingerprint density at radius 2 is 1.89 bits per heavy atom. The Bertz CT molecular complexity index is 1060. The lowest BCUT2D eigenvalue weighted by atomic mass is 9.98. The van der Waals surface area contributed by atoms with E-state index in [9.17, 15) is 9.90 Å². The number of fused-ring (bicyclic) bond motifs is 1. The lowest BCUT2D eigenvalue weighted by Gasteiger charge is -2.11. The van der Waals surface area contributed by atoms with Gasteiger partial charge in [0, 0.05) is 16.0 Å². The molecule has 2 N–H and O–H groups in total. The molecule has 0 saturated heterocycles. The van der Waals surface area contributed by atoms with Crippen LogP contribution in [-0.4, -0.2) is 17.2 Å². The molecule has 3 rings (SSSR count). The minimum Gasteiger partial charge on any atom is -0.506 e. The summed E-state index contributed by atoms with van der Waals surface area (Å²) in [5, 5.41) is 16.5. The molecule has 0 saturated carbocycles. The highest BCUT2D eigenvalue weighted by Crippen LogP contribution is 2.35. The fourth-order valence-corrected chi connectivity index (χ4v) is 4.06. The minimum atomic E-state index is -0.233.